The highest BCUT2D eigenvalue weighted by molar-refractivity contribution is 5.81. The van der Waals surface area contributed by atoms with E-state index in [-0.39, 0.29) is 78.2 Å². The van der Waals surface area contributed by atoms with Crippen molar-refractivity contribution < 1.29 is 59.9 Å². The van der Waals surface area contributed by atoms with Crippen LogP contribution in [0.25, 0.3) is 0 Å². The van der Waals surface area contributed by atoms with Crippen molar-refractivity contribution in [3.05, 3.63) is 11.6 Å². The predicted octanol–water partition coefficient (Wildman–Crippen LogP) is 2.36. The molecule has 0 spiro atoms. The highest BCUT2D eigenvalue weighted by Crippen LogP contribution is 2.77. The molecule has 0 aromatic carbocycles. The summed E-state index contributed by atoms with van der Waals surface area (Å²) < 4.78 is 12.2. The van der Waals surface area contributed by atoms with Gasteiger partial charge in [-0.1, -0.05) is 46.3 Å². The molecule has 0 unspecified atom stereocenters. The quantitative estimate of drug-likeness (QED) is 0.115. The average Bonchev–Trinajstić information content (AvgIpc) is 3.52. The van der Waals surface area contributed by atoms with Gasteiger partial charge in [0.2, 0.25) is 5.91 Å². The minimum atomic E-state index is -1.59. The number of carbonyl (C=O) groups is 2. The van der Waals surface area contributed by atoms with Crippen LogP contribution in [0.3, 0.4) is 0 Å². The van der Waals surface area contributed by atoms with Gasteiger partial charge in [0.1, 0.15) is 18.3 Å². The van der Waals surface area contributed by atoms with E-state index in [4.69, 9.17) is 9.47 Å². The van der Waals surface area contributed by atoms with Crippen LogP contribution in [-0.2, 0) is 19.1 Å². The van der Waals surface area contributed by atoms with Gasteiger partial charge < -0.3 is 55.6 Å². The summed E-state index contributed by atoms with van der Waals surface area (Å²) in [4.78, 5) is 26.4. The van der Waals surface area contributed by atoms with E-state index in [1.807, 2.05) is 6.92 Å². The average molecular weight is 792 g/mol. The smallest absolute Gasteiger partial charge is 0.310 e. The van der Waals surface area contributed by atoms with Crippen molar-refractivity contribution in [2.45, 2.75) is 142 Å². The van der Waals surface area contributed by atoms with Crippen molar-refractivity contribution in [1.82, 2.24) is 5.32 Å². The summed E-state index contributed by atoms with van der Waals surface area (Å²) in [6.07, 6.45) is 0.963. The number of ether oxygens (including phenoxy) is 2. The Morgan fingerprint density at radius 2 is 1.64 bits per heavy atom. The van der Waals surface area contributed by atoms with Gasteiger partial charge in [-0.15, -0.1) is 0 Å². The van der Waals surface area contributed by atoms with Gasteiger partial charge >= 0.3 is 5.97 Å². The van der Waals surface area contributed by atoms with Gasteiger partial charge in [-0.3, -0.25) is 9.59 Å². The number of nitrogens with one attached hydrogen (secondary N) is 1. The molecule has 18 atom stereocenters. The second-order valence-electron chi connectivity index (χ2n) is 20.6. The summed E-state index contributed by atoms with van der Waals surface area (Å²) in [7, 11) is 0. The fraction of sp³-hybridized carbons (Fsp3) is 0.907. The first kappa shape index (κ1) is 42.4. The molecule has 318 valence electrons. The van der Waals surface area contributed by atoms with Crippen LogP contribution in [-0.4, -0.2) is 123 Å². The summed E-state index contributed by atoms with van der Waals surface area (Å²) in [5.74, 6) is -2.15. The van der Waals surface area contributed by atoms with E-state index in [1.165, 1.54) is 5.57 Å². The topological polar surface area (TPSA) is 226 Å². The number of aliphatic carboxylic acids is 1. The second kappa shape index (κ2) is 14.8. The third-order valence-corrected chi connectivity index (χ3v) is 18.2. The van der Waals surface area contributed by atoms with Crippen molar-refractivity contribution in [2.24, 2.45) is 68.0 Å². The Morgan fingerprint density at radius 1 is 0.929 bits per heavy atom. The molecule has 56 heavy (non-hydrogen) atoms. The SMILES string of the molecule is C[C@]1(CO)CC[C@]2(C(=O)O)CC[C@]3(C)C(=CC[C@@H]4[C@@]5(C)[C@H](C[C@H]6CNC(=O)[C@@H]6CCCO)[C@@H](O)[C@@H](O[C@@H]6OC[C@@H](O)[C@H](O)[C@H]6O)[C@@](C)(CO)[C@H]5CC[C@]43C)[C@@H]2C1. The van der Waals surface area contributed by atoms with Crippen LogP contribution in [0.5, 0.6) is 0 Å². The van der Waals surface area contributed by atoms with Gasteiger partial charge in [0.15, 0.2) is 6.29 Å². The van der Waals surface area contributed by atoms with E-state index in [2.05, 4.69) is 39.1 Å². The number of carboxylic acid groups (broad SMARTS) is 1. The lowest BCUT2D eigenvalue weighted by Gasteiger charge is -2.73. The van der Waals surface area contributed by atoms with Gasteiger partial charge in [0.25, 0.3) is 0 Å². The fourth-order valence-corrected chi connectivity index (χ4v) is 14.5. The Morgan fingerprint density at radius 3 is 2.30 bits per heavy atom. The highest BCUT2D eigenvalue weighted by atomic mass is 16.7. The summed E-state index contributed by atoms with van der Waals surface area (Å²) in [6.45, 7) is 10.7. The minimum absolute atomic E-state index is 0.00563. The predicted molar refractivity (Wildman–Crippen MR) is 203 cm³/mol. The Labute approximate surface area is 331 Å². The molecule has 2 heterocycles. The van der Waals surface area contributed by atoms with E-state index in [0.29, 0.717) is 70.8 Å². The Hall–Kier alpha value is -1.68. The van der Waals surface area contributed by atoms with E-state index in [9.17, 15) is 50.4 Å². The van der Waals surface area contributed by atoms with Crippen LogP contribution in [0, 0.1) is 68.0 Å². The van der Waals surface area contributed by atoms with Crippen LogP contribution in [0.4, 0.5) is 0 Å². The minimum Gasteiger partial charge on any atom is -0.481 e. The Bertz CT molecular complexity index is 1540. The summed E-state index contributed by atoms with van der Waals surface area (Å²) in [5.41, 5.74) is -2.39. The normalized spacial score (nSPS) is 52.9. The number of aliphatic hydroxyl groups excluding tert-OH is 7. The molecule has 9 N–H and O–H groups in total. The molecule has 6 fully saturated rings. The maximum atomic E-state index is 13.2. The standard InChI is InChI=1S/C43H69NO12/c1-38(21-46)12-14-43(37(53)54)15-13-40(3)25(27(43)18-38)8-9-30-41(40,4)11-10-29-39(2,22-47)34(56-36-33(51)32(50)28(48)20-55-36)31(49)26(42(29,30)5)17-23-19-44-35(52)24(23)7-6-16-45/h8,23-24,26-34,36,45-51H,6-7,9-22H2,1-5H3,(H,44,52)(H,53,54)/t23-,24+,26+,27-,28+,29+,30-,31+,32-,33+,34+,36-,38-,39-,40+,41+,42-,43-/m0/s1. The third-order valence-electron chi connectivity index (χ3n) is 18.2. The number of carbonyl (C=O) groups excluding carboxylic acids is 1. The first-order valence-corrected chi connectivity index (χ1v) is 21.4. The maximum Gasteiger partial charge on any atom is 0.310 e. The molecule has 0 bridgehead atoms. The fourth-order valence-electron chi connectivity index (χ4n) is 14.5. The van der Waals surface area contributed by atoms with Crippen LogP contribution in [0.2, 0.25) is 0 Å². The van der Waals surface area contributed by atoms with Gasteiger partial charge in [0.05, 0.1) is 30.8 Å². The van der Waals surface area contributed by atoms with Gasteiger partial charge in [0, 0.05) is 31.1 Å². The molecule has 7 aliphatic rings. The first-order chi connectivity index (χ1) is 26.3. The summed E-state index contributed by atoms with van der Waals surface area (Å²) in [5, 5.41) is 90.2. The number of hydrogen-bond donors (Lipinski definition) is 9. The number of rotatable bonds is 10. The molecule has 5 aliphatic carbocycles. The van der Waals surface area contributed by atoms with E-state index in [1.54, 1.807) is 0 Å². The summed E-state index contributed by atoms with van der Waals surface area (Å²) in [6, 6.07) is 0. The molecule has 2 aliphatic heterocycles. The van der Waals surface area contributed by atoms with Gasteiger partial charge in [-0.2, -0.15) is 0 Å². The highest BCUT2D eigenvalue weighted by Gasteiger charge is 2.73. The zero-order valence-corrected chi connectivity index (χ0v) is 34.0. The van der Waals surface area contributed by atoms with Crippen LogP contribution >= 0.6 is 0 Å². The van der Waals surface area contributed by atoms with Crippen molar-refractivity contribution in [2.75, 3.05) is 33.0 Å². The first-order valence-electron chi connectivity index (χ1n) is 21.4. The lowest BCUT2D eigenvalue weighted by molar-refractivity contribution is -0.340. The molecule has 1 amide bonds. The lowest BCUT2D eigenvalue weighted by Crippen LogP contribution is -2.72. The number of allylic oxidation sites excluding steroid dienone is 2. The molecule has 13 heteroatoms. The molecule has 4 saturated carbocycles. The van der Waals surface area contributed by atoms with Crippen molar-refractivity contribution in [3.63, 3.8) is 0 Å². The van der Waals surface area contributed by atoms with Crippen molar-refractivity contribution >= 4 is 11.9 Å². The number of carboxylic acids is 1. The van der Waals surface area contributed by atoms with Crippen LogP contribution in [0.1, 0.15) is 105 Å². The molecule has 0 aromatic rings. The van der Waals surface area contributed by atoms with E-state index < -0.39 is 64.9 Å². The zero-order chi connectivity index (χ0) is 40.8. The second-order valence-corrected chi connectivity index (χ2v) is 20.6. The Balaban J connectivity index is 1.33. The number of aliphatic hydroxyl groups is 7. The molecule has 13 nitrogen and oxygen atoms in total. The lowest BCUT2D eigenvalue weighted by atomic mass is 9.31. The molecular formula is C43H69NO12. The van der Waals surface area contributed by atoms with Gasteiger partial charge in [-0.05, 0) is 122 Å². The van der Waals surface area contributed by atoms with Gasteiger partial charge in [-0.25, -0.2) is 0 Å². The molecule has 0 radical (unpaired) electrons. The van der Waals surface area contributed by atoms with Crippen LogP contribution < -0.4 is 5.32 Å². The molecule has 0 aromatic heterocycles. The largest absolute Gasteiger partial charge is 0.481 e. The van der Waals surface area contributed by atoms with E-state index >= 15 is 0 Å². The zero-order valence-electron chi connectivity index (χ0n) is 34.0. The van der Waals surface area contributed by atoms with Crippen molar-refractivity contribution in [3.8, 4) is 0 Å². The number of amides is 1. The van der Waals surface area contributed by atoms with Crippen molar-refractivity contribution in [1.29, 1.82) is 0 Å². The Kier molecular flexibility index (Phi) is 11.2. The number of fused-ring (bicyclic) bond motifs is 7. The van der Waals surface area contributed by atoms with E-state index in [0.717, 1.165) is 6.42 Å². The number of hydrogen-bond acceptors (Lipinski definition) is 11. The maximum absolute atomic E-state index is 13.2. The monoisotopic (exact) mass is 791 g/mol. The summed E-state index contributed by atoms with van der Waals surface area (Å²) >= 11 is 0. The molecule has 2 saturated heterocycles. The molecular weight excluding hydrogens is 722 g/mol. The molecule has 7 rings (SSSR count). The van der Waals surface area contributed by atoms with Crippen LogP contribution in [0.15, 0.2) is 11.6 Å². The third kappa shape index (κ3) is 6.02.